The number of hydrogen-bond acceptors (Lipinski definition) is 4. The van der Waals surface area contributed by atoms with Crippen LogP contribution in [0.5, 0.6) is 0 Å². The van der Waals surface area contributed by atoms with E-state index in [9.17, 15) is 18.3 Å². The molecule has 0 saturated heterocycles. The van der Waals surface area contributed by atoms with Crippen molar-refractivity contribution in [3.63, 3.8) is 0 Å². The average molecular weight is 464 g/mol. The van der Waals surface area contributed by atoms with Crippen LogP contribution in [0.15, 0.2) is 45.6 Å². The first-order valence-electron chi connectivity index (χ1n) is 7.75. The molecule has 2 aliphatic carbocycles. The summed E-state index contributed by atoms with van der Waals surface area (Å²) in [4.78, 5) is 0. The molecule has 0 bridgehead atoms. The molecule has 2 aliphatic rings. The van der Waals surface area contributed by atoms with Crippen molar-refractivity contribution in [1.29, 1.82) is 0 Å². The van der Waals surface area contributed by atoms with E-state index in [2.05, 4.69) is 0 Å². The van der Waals surface area contributed by atoms with E-state index in [1.165, 1.54) is 51.0 Å². The van der Waals surface area contributed by atoms with E-state index in [0.29, 0.717) is 10.6 Å². The van der Waals surface area contributed by atoms with E-state index in [1.807, 2.05) is 0 Å². The van der Waals surface area contributed by atoms with Crippen molar-refractivity contribution in [2.45, 2.75) is 8.45 Å². The topological polar surface area (TPSA) is 68.3 Å². The molecular weight excluding hydrogens is 442 g/mol. The monoisotopic (exact) mass is 464 g/mol. The maximum atomic E-state index is 15.5. The summed E-state index contributed by atoms with van der Waals surface area (Å²) in [5, 5.41) is 1.03. The third kappa shape index (κ3) is 4.48. The quantitative estimate of drug-likeness (QED) is 0.368. The second-order valence-electron chi connectivity index (χ2n) is 6.30. The third-order valence-electron chi connectivity index (χ3n) is 4.44. The van der Waals surface area contributed by atoms with E-state index in [-0.39, 0.29) is 10.6 Å². The Bertz CT molecular complexity index is 763. The van der Waals surface area contributed by atoms with E-state index in [0.717, 1.165) is 0 Å². The van der Waals surface area contributed by atoms with Crippen molar-refractivity contribution in [2.75, 3.05) is 26.7 Å². The summed E-state index contributed by atoms with van der Waals surface area (Å²) in [6.07, 6.45) is 5.45. The molecule has 0 heterocycles. The van der Waals surface area contributed by atoms with Gasteiger partial charge in [-0.3, -0.25) is 0 Å². The minimum absolute atomic E-state index is 0.173. The molecule has 0 fully saturated rings. The van der Waals surface area contributed by atoms with Gasteiger partial charge in [-0.2, -0.15) is 0 Å². The van der Waals surface area contributed by atoms with E-state index < -0.39 is 57.3 Å². The first kappa shape index (κ1) is 21.8. The van der Waals surface area contributed by atoms with E-state index >= 15 is 6.18 Å². The number of hydrogen-bond donors (Lipinski definition) is 0. The molecule has 6 unspecified atom stereocenters. The van der Waals surface area contributed by atoms with Gasteiger partial charge in [-0.15, -0.1) is 0 Å². The van der Waals surface area contributed by atoms with E-state index in [1.54, 1.807) is 0 Å². The van der Waals surface area contributed by atoms with Crippen LogP contribution in [0.4, 0.5) is 6.18 Å². The van der Waals surface area contributed by atoms with Crippen LogP contribution >= 0.6 is 31.2 Å². The van der Waals surface area contributed by atoms with Gasteiger partial charge in [0.05, 0.1) is 0 Å². The molecule has 25 heavy (non-hydrogen) atoms. The SMILES string of the molecule is C[PH](=O)C1=C[CH]([Ti]([F])([F])[CH]2C=C([PH](C)=O)C=C2[PH](C)=O)C([PH](C)=O)=C1. The summed E-state index contributed by atoms with van der Waals surface area (Å²) < 4.78 is 76.1. The van der Waals surface area contributed by atoms with Crippen LogP contribution in [0.25, 0.3) is 0 Å². The Hall–Kier alpha value is 0.454. The zero-order valence-electron chi connectivity index (χ0n) is 14.4. The van der Waals surface area contributed by atoms with Crippen LogP contribution in [0.1, 0.15) is 0 Å². The molecule has 0 aliphatic heterocycles. The molecule has 2 rings (SSSR count). The van der Waals surface area contributed by atoms with Crippen LogP contribution in [-0.2, 0) is 35.9 Å². The Labute approximate surface area is 153 Å². The second-order valence-corrected chi connectivity index (χ2v) is 17.1. The van der Waals surface area contributed by atoms with Gasteiger partial charge in [0.25, 0.3) is 0 Å². The van der Waals surface area contributed by atoms with Gasteiger partial charge in [0, 0.05) is 0 Å². The van der Waals surface area contributed by atoms with Crippen molar-refractivity contribution in [1.82, 2.24) is 0 Å². The summed E-state index contributed by atoms with van der Waals surface area (Å²) in [6.45, 7) is 5.76. The zero-order valence-corrected chi connectivity index (χ0v) is 19.9. The minimum atomic E-state index is -5.76. The predicted octanol–water partition coefficient (Wildman–Crippen LogP) is 5.81. The molecule has 0 saturated carbocycles. The van der Waals surface area contributed by atoms with Gasteiger partial charge >= 0.3 is 154 Å². The Kier molecular flexibility index (Phi) is 7.15. The summed E-state index contributed by atoms with van der Waals surface area (Å²) in [5.41, 5.74) is 0. The number of rotatable bonds is 6. The molecular formula is C14H22F2O4P4Ti. The van der Waals surface area contributed by atoms with Gasteiger partial charge in [0.2, 0.25) is 0 Å². The van der Waals surface area contributed by atoms with Crippen LogP contribution < -0.4 is 0 Å². The molecule has 0 aromatic carbocycles. The van der Waals surface area contributed by atoms with Crippen LogP contribution in [0, 0.1) is 0 Å². The maximum absolute atomic E-state index is 15.5. The van der Waals surface area contributed by atoms with Gasteiger partial charge in [-0.1, -0.05) is 0 Å². The van der Waals surface area contributed by atoms with Crippen molar-refractivity contribution in [3.8, 4) is 0 Å². The molecule has 0 spiro atoms. The molecule has 0 aromatic heterocycles. The van der Waals surface area contributed by atoms with Crippen LogP contribution in [-0.4, -0.2) is 26.7 Å². The summed E-state index contributed by atoms with van der Waals surface area (Å²) >= 11 is -5.76. The first-order chi connectivity index (χ1) is 11.5. The van der Waals surface area contributed by atoms with Crippen LogP contribution in [0.3, 0.4) is 0 Å². The Morgan fingerprint density at radius 1 is 0.720 bits per heavy atom. The fourth-order valence-corrected chi connectivity index (χ4v) is 14.1. The van der Waals surface area contributed by atoms with Crippen molar-refractivity contribution in [2.24, 2.45) is 0 Å². The summed E-state index contributed by atoms with van der Waals surface area (Å²) in [5.74, 6) is 0. The molecule has 11 heteroatoms. The van der Waals surface area contributed by atoms with Gasteiger partial charge in [0.1, 0.15) is 0 Å². The summed E-state index contributed by atoms with van der Waals surface area (Å²) in [6, 6.07) is 0. The molecule has 140 valence electrons. The van der Waals surface area contributed by atoms with Gasteiger partial charge in [-0.05, 0) is 0 Å². The molecule has 6 atom stereocenters. The number of allylic oxidation sites excluding steroid dienone is 8. The van der Waals surface area contributed by atoms with Gasteiger partial charge in [-0.25, -0.2) is 0 Å². The standard InChI is InChI=1S/2C7H11O2P2.2FH.Ti/c2*1-10(8)6-3-4-7(5-6)11(2)9;;;/h2*3-5,10-11H,1-2H3;2*1H;/q;;;;+2/p-2. The van der Waals surface area contributed by atoms with Crippen molar-refractivity contribution < 1.29 is 42.1 Å². The molecule has 0 radical (unpaired) electrons. The fraction of sp³-hybridized carbons (Fsp3) is 0.429. The van der Waals surface area contributed by atoms with Gasteiger partial charge < -0.3 is 0 Å². The third-order valence-corrected chi connectivity index (χ3v) is 14.2. The van der Waals surface area contributed by atoms with Crippen molar-refractivity contribution in [3.05, 3.63) is 45.6 Å². The van der Waals surface area contributed by atoms with Gasteiger partial charge in [0.15, 0.2) is 0 Å². The fourth-order valence-electron chi connectivity index (χ4n) is 3.06. The zero-order chi connectivity index (χ0) is 19.1. The molecule has 0 N–H and O–H groups in total. The Balaban J connectivity index is 2.53. The number of halogens is 2. The predicted molar refractivity (Wildman–Crippen MR) is 102 cm³/mol. The van der Waals surface area contributed by atoms with Crippen LogP contribution in [0.2, 0.25) is 8.45 Å². The second kappa shape index (κ2) is 8.22. The Morgan fingerprint density at radius 3 is 1.28 bits per heavy atom. The normalized spacial score (nSPS) is 28.6. The first-order valence-corrected chi connectivity index (χ1v) is 18.4. The average Bonchev–Trinajstić information content (AvgIpc) is 3.12. The molecule has 4 nitrogen and oxygen atoms in total. The summed E-state index contributed by atoms with van der Waals surface area (Å²) in [7, 11) is -9.07. The Morgan fingerprint density at radius 2 is 1.04 bits per heavy atom. The van der Waals surface area contributed by atoms with Crippen molar-refractivity contribution >= 4 is 31.2 Å². The van der Waals surface area contributed by atoms with E-state index in [4.69, 9.17) is 0 Å². The molecule has 0 aromatic rings. The molecule has 0 amide bonds.